The average Bonchev–Trinajstić information content (AvgIpc) is 2.44. The molecule has 0 bridgehead atoms. The van der Waals surface area contributed by atoms with Gasteiger partial charge < -0.3 is 10.6 Å². The summed E-state index contributed by atoms with van der Waals surface area (Å²) in [5, 5.41) is 6.36. The second-order valence-corrected chi connectivity index (χ2v) is 5.66. The molecule has 0 aliphatic carbocycles. The zero-order valence-corrected chi connectivity index (χ0v) is 13.8. The predicted octanol–water partition coefficient (Wildman–Crippen LogP) is 4.60. The van der Waals surface area contributed by atoms with Gasteiger partial charge in [0.2, 0.25) is 11.8 Å². The van der Waals surface area contributed by atoms with Crippen LogP contribution in [0, 0.1) is 0 Å². The Kier molecular flexibility index (Phi) is 5.79. The van der Waals surface area contributed by atoms with Gasteiger partial charge in [-0.3, -0.25) is 9.59 Å². The lowest BCUT2D eigenvalue weighted by Gasteiger charge is -2.06. The van der Waals surface area contributed by atoms with Crippen molar-refractivity contribution >= 4 is 52.5 Å². The average molecular weight is 349 g/mol. The second-order valence-electron chi connectivity index (χ2n) is 4.79. The molecule has 4 nitrogen and oxygen atoms in total. The van der Waals surface area contributed by atoms with Crippen LogP contribution in [0.3, 0.4) is 0 Å². The highest BCUT2D eigenvalue weighted by atomic mass is 35.5. The number of carbonyl (C=O) groups is 2. The van der Waals surface area contributed by atoms with Crippen LogP contribution in [0.2, 0.25) is 10.0 Å². The minimum Gasteiger partial charge on any atom is -0.326 e. The third kappa shape index (κ3) is 5.77. The Morgan fingerprint density at radius 1 is 0.957 bits per heavy atom. The fourth-order valence-electron chi connectivity index (χ4n) is 1.91. The lowest BCUT2D eigenvalue weighted by atomic mass is 10.2. The predicted molar refractivity (Wildman–Crippen MR) is 94.9 cm³/mol. The van der Waals surface area contributed by atoms with Gasteiger partial charge >= 0.3 is 0 Å². The highest BCUT2D eigenvalue weighted by Gasteiger charge is 2.01. The zero-order chi connectivity index (χ0) is 16.8. The van der Waals surface area contributed by atoms with Gasteiger partial charge in [-0.2, -0.15) is 0 Å². The molecule has 0 radical (unpaired) electrons. The van der Waals surface area contributed by atoms with Crippen LogP contribution in [0.1, 0.15) is 12.5 Å². The molecule has 0 saturated carbocycles. The largest absolute Gasteiger partial charge is 0.326 e. The second kappa shape index (κ2) is 7.81. The number of benzene rings is 2. The molecule has 0 aliphatic heterocycles. The van der Waals surface area contributed by atoms with Gasteiger partial charge in [-0.25, -0.2) is 0 Å². The number of halogens is 2. The van der Waals surface area contributed by atoms with Gasteiger partial charge in [-0.05, 0) is 48.0 Å². The standard InChI is InChI=1S/C17H14Cl2N2O2/c1-11(22)20-15-3-2-4-16(10-15)21-17(23)6-5-12-7-13(18)9-14(19)8-12/h2-10H,1H3,(H,20,22)(H,21,23)/b6-5+. The Bertz CT molecular complexity index is 753. The third-order valence-corrected chi connectivity index (χ3v) is 3.20. The summed E-state index contributed by atoms with van der Waals surface area (Å²) in [6.07, 6.45) is 3.00. The van der Waals surface area contributed by atoms with Crippen LogP contribution in [0.4, 0.5) is 11.4 Å². The van der Waals surface area contributed by atoms with E-state index < -0.39 is 0 Å². The molecular formula is C17H14Cl2N2O2. The van der Waals surface area contributed by atoms with Gasteiger partial charge in [-0.15, -0.1) is 0 Å². The number of hydrogen-bond donors (Lipinski definition) is 2. The van der Waals surface area contributed by atoms with Crippen molar-refractivity contribution in [1.29, 1.82) is 0 Å². The Labute approximate surface area is 144 Å². The van der Waals surface area contributed by atoms with Crippen molar-refractivity contribution in [3.8, 4) is 0 Å². The third-order valence-electron chi connectivity index (χ3n) is 2.76. The van der Waals surface area contributed by atoms with Crippen molar-refractivity contribution in [2.45, 2.75) is 6.92 Å². The summed E-state index contributed by atoms with van der Waals surface area (Å²) < 4.78 is 0. The van der Waals surface area contributed by atoms with E-state index in [1.54, 1.807) is 48.5 Å². The molecule has 2 amide bonds. The van der Waals surface area contributed by atoms with Crippen molar-refractivity contribution in [2.75, 3.05) is 10.6 Å². The van der Waals surface area contributed by atoms with Gasteiger partial charge in [0.15, 0.2) is 0 Å². The molecule has 23 heavy (non-hydrogen) atoms. The van der Waals surface area contributed by atoms with E-state index in [0.717, 1.165) is 5.56 Å². The number of nitrogens with one attached hydrogen (secondary N) is 2. The number of hydrogen-bond acceptors (Lipinski definition) is 2. The summed E-state index contributed by atoms with van der Waals surface area (Å²) in [7, 11) is 0. The molecule has 0 aliphatic rings. The maximum Gasteiger partial charge on any atom is 0.248 e. The maximum absolute atomic E-state index is 11.9. The first-order chi connectivity index (χ1) is 10.9. The van der Waals surface area contributed by atoms with E-state index in [0.29, 0.717) is 21.4 Å². The van der Waals surface area contributed by atoms with Gasteiger partial charge in [0.05, 0.1) is 0 Å². The van der Waals surface area contributed by atoms with Crippen molar-refractivity contribution in [1.82, 2.24) is 0 Å². The van der Waals surface area contributed by atoms with Gasteiger partial charge in [0.25, 0.3) is 0 Å². The van der Waals surface area contributed by atoms with E-state index in [2.05, 4.69) is 10.6 Å². The summed E-state index contributed by atoms with van der Waals surface area (Å²) >= 11 is 11.8. The molecule has 0 saturated heterocycles. The Morgan fingerprint density at radius 3 is 2.17 bits per heavy atom. The molecule has 6 heteroatoms. The lowest BCUT2D eigenvalue weighted by molar-refractivity contribution is -0.114. The summed E-state index contributed by atoms with van der Waals surface area (Å²) in [4.78, 5) is 23.0. The number of rotatable bonds is 4. The molecule has 0 spiro atoms. The Morgan fingerprint density at radius 2 is 1.57 bits per heavy atom. The fraction of sp³-hybridized carbons (Fsp3) is 0.0588. The van der Waals surface area contributed by atoms with Crippen LogP contribution in [-0.2, 0) is 9.59 Å². The van der Waals surface area contributed by atoms with Crippen LogP contribution >= 0.6 is 23.2 Å². The van der Waals surface area contributed by atoms with Crippen LogP contribution in [-0.4, -0.2) is 11.8 Å². The van der Waals surface area contributed by atoms with Gasteiger partial charge in [0, 0.05) is 34.4 Å². The van der Waals surface area contributed by atoms with Gasteiger partial charge in [-0.1, -0.05) is 29.3 Å². The molecule has 2 aromatic carbocycles. The van der Waals surface area contributed by atoms with E-state index in [9.17, 15) is 9.59 Å². The van der Waals surface area contributed by atoms with Crippen LogP contribution < -0.4 is 10.6 Å². The molecular weight excluding hydrogens is 335 g/mol. The Balaban J connectivity index is 2.04. The normalized spacial score (nSPS) is 10.6. The summed E-state index contributed by atoms with van der Waals surface area (Å²) in [6, 6.07) is 11.9. The van der Waals surface area contributed by atoms with Crippen molar-refractivity contribution in [3.05, 3.63) is 64.1 Å². The highest BCUT2D eigenvalue weighted by molar-refractivity contribution is 6.34. The fourth-order valence-corrected chi connectivity index (χ4v) is 2.45. The van der Waals surface area contributed by atoms with E-state index >= 15 is 0 Å². The van der Waals surface area contributed by atoms with E-state index in [1.165, 1.54) is 13.0 Å². The molecule has 0 aromatic heterocycles. The Hall–Kier alpha value is -2.30. The van der Waals surface area contributed by atoms with E-state index in [4.69, 9.17) is 23.2 Å². The summed E-state index contributed by atoms with van der Waals surface area (Å²) in [5.74, 6) is -0.479. The van der Waals surface area contributed by atoms with Crippen molar-refractivity contribution in [3.63, 3.8) is 0 Å². The maximum atomic E-state index is 11.9. The van der Waals surface area contributed by atoms with Crippen LogP contribution in [0.5, 0.6) is 0 Å². The number of amides is 2. The van der Waals surface area contributed by atoms with Crippen LogP contribution in [0.15, 0.2) is 48.5 Å². The first kappa shape index (κ1) is 17.1. The summed E-state index contributed by atoms with van der Waals surface area (Å²) in [6.45, 7) is 1.42. The first-order valence-corrected chi connectivity index (χ1v) is 7.51. The van der Waals surface area contributed by atoms with E-state index in [-0.39, 0.29) is 11.8 Å². The molecule has 2 aromatic rings. The molecule has 2 rings (SSSR count). The zero-order valence-electron chi connectivity index (χ0n) is 12.3. The number of carbonyl (C=O) groups excluding carboxylic acids is 2. The topological polar surface area (TPSA) is 58.2 Å². The molecule has 118 valence electrons. The molecule has 0 unspecified atom stereocenters. The summed E-state index contributed by atoms with van der Waals surface area (Å²) in [5.41, 5.74) is 1.92. The minimum absolute atomic E-state index is 0.175. The molecule has 0 heterocycles. The highest BCUT2D eigenvalue weighted by Crippen LogP contribution is 2.20. The SMILES string of the molecule is CC(=O)Nc1cccc(NC(=O)/C=C/c2cc(Cl)cc(Cl)c2)c1. The first-order valence-electron chi connectivity index (χ1n) is 6.75. The molecule has 0 fully saturated rings. The van der Waals surface area contributed by atoms with Crippen molar-refractivity contribution < 1.29 is 9.59 Å². The van der Waals surface area contributed by atoms with Gasteiger partial charge in [0.1, 0.15) is 0 Å². The smallest absolute Gasteiger partial charge is 0.248 e. The lowest BCUT2D eigenvalue weighted by Crippen LogP contribution is -2.09. The van der Waals surface area contributed by atoms with E-state index in [1.807, 2.05) is 0 Å². The quantitative estimate of drug-likeness (QED) is 0.793. The minimum atomic E-state index is -0.305. The molecule has 0 atom stereocenters. The number of anilines is 2. The molecule has 2 N–H and O–H groups in total. The monoisotopic (exact) mass is 348 g/mol. The van der Waals surface area contributed by atoms with Crippen molar-refractivity contribution in [2.24, 2.45) is 0 Å². The van der Waals surface area contributed by atoms with Crippen LogP contribution in [0.25, 0.3) is 6.08 Å².